The third-order valence-electron chi connectivity index (χ3n) is 4.16. The van der Waals surface area contributed by atoms with Gasteiger partial charge in [-0.1, -0.05) is 42.5 Å². The first-order valence-electron chi connectivity index (χ1n) is 7.81. The Balaban J connectivity index is 1.60. The summed E-state index contributed by atoms with van der Waals surface area (Å²) < 4.78 is 13.1. The Morgan fingerprint density at radius 1 is 1.09 bits per heavy atom. The lowest BCUT2D eigenvalue weighted by atomic mass is 9.93. The van der Waals surface area contributed by atoms with E-state index in [-0.39, 0.29) is 17.6 Å². The van der Waals surface area contributed by atoms with Crippen LogP contribution in [0.15, 0.2) is 54.6 Å². The molecular formula is C19H20FNO. The van der Waals surface area contributed by atoms with E-state index >= 15 is 0 Å². The van der Waals surface area contributed by atoms with E-state index in [2.05, 4.69) is 17.4 Å². The van der Waals surface area contributed by atoms with E-state index in [1.54, 1.807) is 12.1 Å². The van der Waals surface area contributed by atoms with E-state index in [0.717, 1.165) is 24.8 Å². The zero-order chi connectivity index (χ0) is 15.4. The number of halogens is 1. The molecule has 1 aliphatic carbocycles. The second-order valence-electron chi connectivity index (χ2n) is 5.89. The van der Waals surface area contributed by atoms with E-state index in [1.165, 1.54) is 17.7 Å². The summed E-state index contributed by atoms with van der Waals surface area (Å²) in [7, 11) is 0. The minimum atomic E-state index is -0.261. The Kier molecular flexibility index (Phi) is 4.52. The minimum Gasteiger partial charge on any atom is -0.355 e. The molecule has 1 unspecified atom stereocenters. The molecule has 0 radical (unpaired) electrons. The Labute approximate surface area is 130 Å². The molecule has 1 fully saturated rings. The van der Waals surface area contributed by atoms with Crippen LogP contribution in [0.25, 0.3) is 0 Å². The number of carbonyl (C=O) groups is 1. The average molecular weight is 297 g/mol. The van der Waals surface area contributed by atoms with Crippen molar-refractivity contribution >= 4 is 5.91 Å². The summed E-state index contributed by atoms with van der Waals surface area (Å²) in [6.45, 7) is 0.632. The van der Waals surface area contributed by atoms with Gasteiger partial charge < -0.3 is 5.32 Å². The van der Waals surface area contributed by atoms with Crippen LogP contribution in [-0.4, -0.2) is 12.5 Å². The summed E-state index contributed by atoms with van der Waals surface area (Å²) >= 11 is 0. The monoisotopic (exact) mass is 297 g/mol. The zero-order valence-electron chi connectivity index (χ0n) is 12.5. The van der Waals surface area contributed by atoms with E-state index < -0.39 is 0 Å². The zero-order valence-corrected chi connectivity index (χ0v) is 12.5. The van der Waals surface area contributed by atoms with Gasteiger partial charge in [0.2, 0.25) is 5.91 Å². The summed E-state index contributed by atoms with van der Waals surface area (Å²) in [4.78, 5) is 12.5. The Bertz CT molecular complexity index is 620. The molecule has 0 aliphatic heterocycles. The first kappa shape index (κ1) is 14.8. The molecule has 2 nitrogen and oxygen atoms in total. The fourth-order valence-corrected chi connectivity index (χ4v) is 2.82. The van der Waals surface area contributed by atoms with Gasteiger partial charge in [-0.15, -0.1) is 0 Å². The highest BCUT2D eigenvalue weighted by atomic mass is 19.1. The number of hydrogen-bond donors (Lipinski definition) is 1. The molecule has 0 aromatic heterocycles. The van der Waals surface area contributed by atoms with Gasteiger partial charge in [-0.05, 0) is 48.4 Å². The summed E-state index contributed by atoms with van der Waals surface area (Å²) in [6.07, 6.45) is 2.98. The number of hydrogen-bond acceptors (Lipinski definition) is 1. The first-order valence-corrected chi connectivity index (χ1v) is 7.81. The molecule has 1 saturated carbocycles. The maximum atomic E-state index is 13.1. The summed E-state index contributed by atoms with van der Waals surface area (Å²) in [6, 6.07) is 16.4. The van der Waals surface area contributed by atoms with Crippen molar-refractivity contribution in [3.63, 3.8) is 0 Å². The van der Waals surface area contributed by atoms with Crippen molar-refractivity contribution in [2.24, 2.45) is 5.92 Å². The maximum absolute atomic E-state index is 13.1. The average Bonchev–Trinajstić information content (AvgIpc) is 3.35. The normalized spacial score (nSPS) is 15.3. The second-order valence-corrected chi connectivity index (χ2v) is 5.89. The van der Waals surface area contributed by atoms with Gasteiger partial charge in [0.15, 0.2) is 0 Å². The van der Waals surface area contributed by atoms with Crippen molar-refractivity contribution in [1.29, 1.82) is 0 Å². The van der Waals surface area contributed by atoms with Crippen molar-refractivity contribution in [3.8, 4) is 0 Å². The minimum absolute atomic E-state index is 0.0602. The molecule has 1 amide bonds. The number of benzene rings is 2. The van der Waals surface area contributed by atoms with Crippen LogP contribution in [0, 0.1) is 11.7 Å². The highest BCUT2D eigenvalue weighted by Gasteiger charge is 2.37. The molecule has 2 aromatic carbocycles. The molecule has 3 heteroatoms. The number of amides is 1. The van der Waals surface area contributed by atoms with Crippen LogP contribution in [0.3, 0.4) is 0 Å². The van der Waals surface area contributed by atoms with Gasteiger partial charge in [0.1, 0.15) is 5.82 Å². The van der Waals surface area contributed by atoms with Crippen LogP contribution in [0.5, 0.6) is 0 Å². The lowest BCUT2D eigenvalue weighted by molar-refractivity contribution is -0.123. The van der Waals surface area contributed by atoms with Gasteiger partial charge in [-0.2, -0.15) is 0 Å². The van der Waals surface area contributed by atoms with E-state index in [4.69, 9.17) is 0 Å². The Morgan fingerprint density at radius 2 is 1.77 bits per heavy atom. The molecule has 2 aromatic rings. The van der Waals surface area contributed by atoms with Gasteiger partial charge in [0.25, 0.3) is 0 Å². The quantitative estimate of drug-likeness (QED) is 0.866. The number of nitrogens with one attached hydrogen (secondary N) is 1. The molecule has 0 heterocycles. The predicted octanol–water partition coefficient (Wildman–Crippen LogP) is 3.68. The van der Waals surface area contributed by atoms with Crippen LogP contribution in [0.4, 0.5) is 4.39 Å². The van der Waals surface area contributed by atoms with Gasteiger partial charge >= 0.3 is 0 Å². The molecule has 114 valence electrons. The fourth-order valence-electron chi connectivity index (χ4n) is 2.82. The topological polar surface area (TPSA) is 29.1 Å². The highest BCUT2D eigenvalue weighted by molar-refractivity contribution is 5.84. The molecule has 1 atom stereocenters. The van der Waals surface area contributed by atoms with Gasteiger partial charge in [0, 0.05) is 6.54 Å². The van der Waals surface area contributed by atoms with Crippen LogP contribution in [0.2, 0.25) is 0 Å². The number of carbonyl (C=O) groups excluding carboxylic acids is 1. The maximum Gasteiger partial charge on any atom is 0.227 e. The molecular weight excluding hydrogens is 277 g/mol. The lowest BCUT2D eigenvalue weighted by Gasteiger charge is -2.16. The van der Waals surface area contributed by atoms with Crippen LogP contribution >= 0.6 is 0 Å². The largest absolute Gasteiger partial charge is 0.355 e. The van der Waals surface area contributed by atoms with Crippen molar-refractivity contribution < 1.29 is 9.18 Å². The van der Waals surface area contributed by atoms with Crippen molar-refractivity contribution in [2.45, 2.75) is 25.2 Å². The molecule has 0 spiro atoms. The third-order valence-corrected chi connectivity index (χ3v) is 4.16. The molecule has 0 saturated heterocycles. The standard InChI is InChI=1S/C19H20FNO/c20-17-10-8-16(9-11-17)18(15-6-7-15)19(22)21-13-12-14-4-2-1-3-5-14/h1-5,8-11,15,18H,6-7,12-13H2,(H,21,22). The Hall–Kier alpha value is -2.16. The summed E-state index contributed by atoms with van der Waals surface area (Å²) in [5, 5.41) is 3.03. The van der Waals surface area contributed by atoms with Gasteiger partial charge in [-0.25, -0.2) is 4.39 Å². The van der Waals surface area contributed by atoms with E-state index in [9.17, 15) is 9.18 Å². The van der Waals surface area contributed by atoms with Crippen molar-refractivity contribution in [3.05, 3.63) is 71.5 Å². The van der Waals surface area contributed by atoms with Crippen molar-refractivity contribution in [1.82, 2.24) is 5.32 Å². The third kappa shape index (κ3) is 3.73. The van der Waals surface area contributed by atoms with Crippen LogP contribution in [-0.2, 0) is 11.2 Å². The van der Waals surface area contributed by atoms with Crippen LogP contribution in [0.1, 0.15) is 29.9 Å². The SMILES string of the molecule is O=C(NCCc1ccccc1)C(c1ccc(F)cc1)C1CC1. The van der Waals surface area contributed by atoms with Gasteiger partial charge in [-0.3, -0.25) is 4.79 Å². The van der Waals surface area contributed by atoms with E-state index in [0.29, 0.717) is 12.5 Å². The summed E-state index contributed by atoms with van der Waals surface area (Å²) in [5.41, 5.74) is 2.13. The lowest BCUT2D eigenvalue weighted by Crippen LogP contribution is -2.32. The Morgan fingerprint density at radius 3 is 2.41 bits per heavy atom. The van der Waals surface area contributed by atoms with Crippen molar-refractivity contribution in [2.75, 3.05) is 6.54 Å². The summed E-state index contributed by atoms with van der Waals surface area (Å²) in [5.74, 6) is 0.0615. The fraction of sp³-hybridized carbons (Fsp3) is 0.316. The smallest absolute Gasteiger partial charge is 0.227 e. The van der Waals surface area contributed by atoms with Crippen LogP contribution < -0.4 is 5.32 Å². The molecule has 22 heavy (non-hydrogen) atoms. The number of rotatable bonds is 6. The highest BCUT2D eigenvalue weighted by Crippen LogP contribution is 2.42. The first-order chi connectivity index (χ1) is 10.7. The molecule has 1 N–H and O–H groups in total. The predicted molar refractivity (Wildman–Crippen MR) is 85.0 cm³/mol. The molecule has 3 rings (SSSR count). The van der Waals surface area contributed by atoms with Gasteiger partial charge in [0.05, 0.1) is 5.92 Å². The second kappa shape index (κ2) is 6.73. The molecule has 0 bridgehead atoms. The van der Waals surface area contributed by atoms with E-state index in [1.807, 2.05) is 18.2 Å². The molecule has 1 aliphatic rings.